The monoisotopic (exact) mass is 222 g/mol. The lowest BCUT2D eigenvalue weighted by Gasteiger charge is -2.14. The Morgan fingerprint density at radius 3 is 2.44 bits per heavy atom. The van der Waals surface area contributed by atoms with Crippen LogP contribution in [0, 0.1) is 0 Å². The maximum Gasteiger partial charge on any atom is 0.0776 e. The summed E-state index contributed by atoms with van der Waals surface area (Å²) in [4.78, 5) is 0. The summed E-state index contributed by atoms with van der Waals surface area (Å²) in [6, 6.07) is 8.44. The zero-order chi connectivity index (χ0) is 12.0. The maximum absolute atomic E-state index is 5.64. The van der Waals surface area contributed by atoms with Crippen molar-refractivity contribution in [3.8, 4) is 0 Å². The third-order valence-corrected chi connectivity index (χ3v) is 2.69. The van der Waals surface area contributed by atoms with E-state index in [9.17, 15) is 0 Å². The lowest BCUT2D eigenvalue weighted by molar-refractivity contribution is 0.0115. The second kappa shape index (κ2) is 6.66. The van der Waals surface area contributed by atoms with Gasteiger partial charge in [-0.3, -0.25) is 0 Å². The summed E-state index contributed by atoms with van der Waals surface area (Å²) in [7, 11) is 1.70. The average Bonchev–Trinajstić information content (AvgIpc) is 2.29. The van der Waals surface area contributed by atoms with E-state index in [1.54, 1.807) is 7.11 Å². The van der Waals surface area contributed by atoms with Crippen molar-refractivity contribution in [1.29, 1.82) is 0 Å². The number of benzene rings is 1. The summed E-state index contributed by atoms with van der Waals surface area (Å²) in [5.74, 6) is 0.541. The minimum absolute atomic E-state index is 0.159. The van der Waals surface area contributed by atoms with Crippen molar-refractivity contribution in [3.05, 3.63) is 35.4 Å². The molecular weight excluding hydrogens is 200 g/mol. The Balaban J connectivity index is 2.53. The van der Waals surface area contributed by atoms with Crippen molar-refractivity contribution in [2.24, 2.45) is 0 Å². The van der Waals surface area contributed by atoms with Gasteiger partial charge in [0.15, 0.2) is 0 Å². The summed E-state index contributed by atoms with van der Waals surface area (Å²) in [5, 5.41) is 0. The van der Waals surface area contributed by atoms with Crippen LogP contribution in [0.3, 0.4) is 0 Å². The highest BCUT2D eigenvalue weighted by Crippen LogP contribution is 2.19. The van der Waals surface area contributed by atoms with Gasteiger partial charge in [0.1, 0.15) is 0 Å². The summed E-state index contributed by atoms with van der Waals surface area (Å²) >= 11 is 0. The highest BCUT2D eigenvalue weighted by atomic mass is 16.5. The molecule has 0 aliphatic heterocycles. The molecule has 2 nitrogen and oxygen atoms in total. The van der Waals surface area contributed by atoms with Gasteiger partial charge in [-0.15, -0.1) is 0 Å². The van der Waals surface area contributed by atoms with Gasteiger partial charge in [-0.25, -0.2) is 0 Å². The summed E-state index contributed by atoms with van der Waals surface area (Å²) in [6.45, 7) is 7.73. The van der Waals surface area contributed by atoms with Crippen LogP contribution in [0.2, 0.25) is 0 Å². The summed E-state index contributed by atoms with van der Waals surface area (Å²) < 4.78 is 10.8. The Hall–Kier alpha value is -0.860. The fraction of sp³-hybridized carbons (Fsp3) is 0.571. The molecule has 0 amide bonds. The molecule has 0 fully saturated rings. The topological polar surface area (TPSA) is 18.5 Å². The lowest BCUT2D eigenvalue weighted by atomic mass is 9.98. The molecule has 0 aliphatic rings. The van der Waals surface area contributed by atoms with Crippen molar-refractivity contribution in [1.82, 2.24) is 0 Å². The van der Waals surface area contributed by atoms with Crippen LogP contribution in [0.15, 0.2) is 24.3 Å². The second-order valence-corrected chi connectivity index (χ2v) is 4.41. The Labute approximate surface area is 98.6 Å². The van der Waals surface area contributed by atoms with Crippen molar-refractivity contribution in [2.45, 2.75) is 39.4 Å². The first-order valence-electron chi connectivity index (χ1n) is 5.83. The summed E-state index contributed by atoms with van der Waals surface area (Å²) in [6.07, 6.45) is 0.159. The van der Waals surface area contributed by atoms with E-state index in [4.69, 9.17) is 9.47 Å². The molecule has 1 atom stereocenters. The number of methoxy groups -OCH3 is 1. The first kappa shape index (κ1) is 13.2. The molecule has 0 N–H and O–H groups in total. The number of hydrogen-bond donors (Lipinski definition) is 0. The van der Waals surface area contributed by atoms with Crippen LogP contribution in [0.25, 0.3) is 0 Å². The molecule has 0 spiro atoms. The maximum atomic E-state index is 5.64. The zero-order valence-corrected chi connectivity index (χ0v) is 10.7. The molecule has 0 heterocycles. The number of ether oxygens (including phenoxy) is 2. The molecule has 1 aromatic carbocycles. The fourth-order valence-corrected chi connectivity index (χ4v) is 1.63. The predicted molar refractivity (Wildman–Crippen MR) is 66.7 cm³/mol. The van der Waals surface area contributed by atoms with Crippen LogP contribution in [0.4, 0.5) is 0 Å². The molecule has 90 valence electrons. The highest BCUT2D eigenvalue weighted by molar-refractivity contribution is 5.28. The smallest absolute Gasteiger partial charge is 0.0776 e. The molecule has 0 aromatic heterocycles. The largest absolute Gasteiger partial charge is 0.379 e. The van der Waals surface area contributed by atoms with Crippen LogP contribution in [-0.2, 0) is 16.1 Å². The Bertz CT molecular complexity index is 307. The Morgan fingerprint density at radius 2 is 1.81 bits per heavy atom. The van der Waals surface area contributed by atoms with E-state index in [-0.39, 0.29) is 6.10 Å². The lowest BCUT2D eigenvalue weighted by Crippen LogP contribution is -2.14. The van der Waals surface area contributed by atoms with E-state index in [1.807, 2.05) is 6.92 Å². The molecule has 16 heavy (non-hydrogen) atoms. The van der Waals surface area contributed by atoms with E-state index in [0.717, 1.165) is 0 Å². The van der Waals surface area contributed by atoms with E-state index >= 15 is 0 Å². The molecule has 1 aromatic rings. The second-order valence-electron chi connectivity index (χ2n) is 4.41. The van der Waals surface area contributed by atoms with E-state index in [0.29, 0.717) is 19.1 Å². The standard InChI is InChI=1S/C14H22O2/c1-11(2)14-8-6-5-7-13(14)10-16-9-12(3)15-4/h5-8,11-12H,9-10H2,1-4H3. The molecule has 0 bridgehead atoms. The quantitative estimate of drug-likeness (QED) is 0.734. The fourth-order valence-electron chi connectivity index (χ4n) is 1.63. The third kappa shape index (κ3) is 3.95. The SMILES string of the molecule is COC(C)COCc1ccccc1C(C)C. The van der Waals surface area contributed by atoms with Crippen LogP contribution < -0.4 is 0 Å². The molecule has 1 unspecified atom stereocenters. The van der Waals surface area contributed by atoms with Crippen molar-refractivity contribution < 1.29 is 9.47 Å². The molecular formula is C14H22O2. The predicted octanol–water partition coefficient (Wildman–Crippen LogP) is 3.36. The van der Waals surface area contributed by atoms with Gasteiger partial charge in [-0.2, -0.15) is 0 Å². The van der Waals surface area contributed by atoms with Crippen LogP contribution in [0.5, 0.6) is 0 Å². The zero-order valence-electron chi connectivity index (χ0n) is 10.7. The molecule has 0 saturated heterocycles. The van der Waals surface area contributed by atoms with Gasteiger partial charge in [0, 0.05) is 7.11 Å². The van der Waals surface area contributed by atoms with Crippen molar-refractivity contribution >= 4 is 0 Å². The average molecular weight is 222 g/mol. The first-order chi connectivity index (χ1) is 7.65. The molecule has 0 aliphatic carbocycles. The third-order valence-electron chi connectivity index (χ3n) is 2.69. The van der Waals surface area contributed by atoms with Gasteiger partial charge < -0.3 is 9.47 Å². The van der Waals surface area contributed by atoms with Crippen molar-refractivity contribution in [3.63, 3.8) is 0 Å². The van der Waals surface area contributed by atoms with Gasteiger partial charge in [0.25, 0.3) is 0 Å². The molecule has 0 saturated carbocycles. The van der Waals surface area contributed by atoms with Crippen LogP contribution in [-0.4, -0.2) is 19.8 Å². The molecule has 0 radical (unpaired) electrons. The van der Waals surface area contributed by atoms with Gasteiger partial charge in [0.2, 0.25) is 0 Å². The summed E-state index contributed by atoms with van der Waals surface area (Å²) in [5.41, 5.74) is 2.65. The molecule has 2 heteroatoms. The van der Waals surface area contributed by atoms with E-state index < -0.39 is 0 Å². The minimum atomic E-state index is 0.159. The number of hydrogen-bond acceptors (Lipinski definition) is 2. The normalized spacial score (nSPS) is 13.1. The van der Waals surface area contributed by atoms with E-state index in [1.165, 1.54) is 11.1 Å². The van der Waals surface area contributed by atoms with E-state index in [2.05, 4.69) is 38.1 Å². The van der Waals surface area contributed by atoms with Gasteiger partial charge >= 0.3 is 0 Å². The van der Waals surface area contributed by atoms with Crippen molar-refractivity contribution in [2.75, 3.05) is 13.7 Å². The van der Waals surface area contributed by atoms with Gasteiger partial charge in [-0.05, 0) is 24.0 Å². The van der Waals surface area contributed by atoms with Crippen LogP contribution >= 0.6 is 0 Å². The first-order valence-corrected chi connectivity index (χ1v) is 5.83. The highest BCUT2D eigenvalue weighted by Gasteiger charge is 2.06. The number of rotatable bonds is 6. The van der Waals surface area contributed by atoms with Gasteiger partial charge in [0.05, 0.1) is 19.3 Å². The minimum Gasteiger partial charge on any atom is -0.379 e. The van der Waals surface area contributed by atoms with Gasteiger partial charge in [-0.1, -0.05) is 38.1 Å². The Kier molecular flexibility index (Phi) is 5.50. The molecule has 1 rings (SSSR count). The van der Waals surface area contributed by atoms with Crippen LogP contribution in [0.1, 0.15) is 37.8 Å². The Morgan fingerprint density at radius 1 is 1.12 bits per heavy atom.